The second-order valence-corrected chi connectivity index (χ2v) is 5.37. The van der Waals surface area contributed by atoms with Gasteiger partial charge in [-0.05, 0) is 37.2 Å². The molecule has 1 aromatic carbocycles. The van der Waals surface area contributed by atoms with Crippen LogP contribution in [0.15, 0.2) is 45.3 Å². The fourth-order valence-electron chi connectivity index (χ4n) is 1.85. The Bertz CT molecular complexity index is 580. The lowest BCUT2D eigenvalue weighted by Crippen LogP contribution is -2.15. The molecule has 1 heterocycles. The van der Waals surface area contributed by atoms with Crippen molar-refractivity contribution in [3.05, 3.63) is 46.6 Å². The number of furan rings is 1. The summed E-state index contributed by atoms with van der Waals surface area (Å²) in [7, 11) is 0. The van der Waals surface area contributed by atoms with E-state index in [2.05, 4.69) is 21.2 Å². The molecule has 106 valence electrons. The summed E-state index contributed by atoms with van der Waals surface area (Å²) in [5, 5.41) is 11.7. The second-order valence-electron chi connectivity index (χ2n) is 4.45. The summed E-state index contributed by atoms with van der Waals surface area (Å²) in [6.45, 7) is 1.27. The van der Waals surface area contributed by atoms with Gasteiger partial charge in [0.15, 0.2) is 0 Å². The molecule has 1 aromatic heterocycles. The molecule has 0 fully saturated rings. The van der Waals surface area contributed by atoms with E-state index in [9.17, 15) is 4.79 Å². The summed E-state index contributed by atoms with van der Waals surface area (Å²) in [5.74, 6) is 0.908. The van der Waals surface area contributed by atoms with E-state index in [0.717, 1.165) is 21.6 Å². The molecule has 5 heteroatoms. The normalized spacial score (nSPS) is 10.7. The van der Waals surface area contributed by atoms with Crippen molar-refractivity contribution in [3.63, 3.8) is 0 Å². The Labute approximate surface area is 125 Å². The molecule has 0 spiro atoms. The highest BCUT2D eigenvalue weighted by atomic mass is 79.9. The van der Waals surface area contributed by atoms with Crippen LogP contribution in [-0.2, 0) is 11.3 Å². The Morgan fingerprint density at radius 1 is 1.30 bits per heavy atom. The first-order valence-electron chi connectivity index (χ1n) is 6.42. The van der Waals surface area contributed by atoms with Gasteiger partial charge in [-0.1, -0.05) is 28.1 Å². The molecule has 2 N–H and O–H groups in total. The monoisotopic (exact) mass is 337 g/mol. The zero-order chi connectivity index (χ0) is 14.4. The Hall–Kier alpha value is -1.59. The Morgan fingerprint density at radius 2 is 2.15 bits per heavy atom. The van der Waals surface area contributed by atoms with Crippen LogP contribution in [0.1, 0.15) is 18.6 Å². The Kier molecular flexibility index (Phi) is 5.38. The maximum absolute atomic E-state index is 10.4. The van der Waals surface area contributed by atoms with Crippen molar-refractivity contribution in [2.45, 2.75) is 19.4 Å². The van der Waals surface area contributed by atoms with E-state index in [-0.39, 0.29) is 6.42 Å². The minimum Gasteiger partial charge on any atom is -0.481 e. The molecule has 0 saturated carbocycles. The van der Waals surface area contributed by atoms with E-state index >= 15 is 0 Å². The first-order chi connectivity index (χ1) is 9.65. The average molecular weight is 338 g/mol. The molecule has 0 radical (unpaired) electrons. The van der Waals surface area contributed by atoms with Gasteiger partial charge >= 0.3 is 5.97 Å². The molecule has 0 aliphatic heterocycles. The molecule has 0 atom stereocenters. The van der Waals surface area contributed by atoms with E-state index in [0.29, 0.717) is 19.5 Å². The number of halogens is 1. The van der Waals surface area contributed by atoms with Crippen LogP contribution in [0.3, 0.4) is 0 Å². The van der Waals surface area contributed by atoms with Gasteiger partial charge in [-0.3, -0.25) is 4.79 Å². The van der Waals surface area contributed by atoms with Crippen molar-refractivity contribution < 1.29 is 14.3 Å². The SMILES string of the molecule is O=C(O)CCCNCc1ccc(-c2cccc(Br)c2)o1. The molecule has 0 amide bonds. The highest BCUT2D eigenvalue weighted by Gasteiger charge is 2.05. The molecule has 0 unspecified atom stereocenters. The maximum atomic E-state index is 10.4. The number of aliphatic carboxylic acids is 1. The van der Waals surface area contributed by atoms with Gasteiger partial charge in [-0.25, -0.2) is 0 Å². The smallest absolute Gasteiger partial charge is 0.303 e. The molecule has 0 aliphatic carbocycles. The summed E-state index contributed by atoms with van der Waals surface area (Å²) in [6.07, 6.45) is 0.809. The molecule has 2 rings (SSSR count). The number of rotatable bonds is 7. The summed E-state index contributed by atoms with van der Waals surface area (Å²) >= 11 is 3.44. The highest BCUT2D eigenvalue weighted by Crippen LogP contribution is 2.24. The van der Waals surface area contributed by atoms with Crippen molar-refractivity contribution >= 4 is 21.9 Å². The molecule has 20 heavy (non-hydrogen) atoms. The third-order valence-corrected chi connectivity index (χ3v) is 3.31. The number of benzene rings is 1. The highest BCUT2D eigenvalue weighted by molar-refractivity contribution is 9.10. The van der Waals surface area contributed by atoms with Gasteiger partial charge in [0.2, 0.25) is 0 Å². The van der Waals surface area contributed by atoms with Crippen molar-refractivity contribution in [3.8, 4) is 11.3 Å². The second kappa shape index (κ2) is 7.26. The minimum absolute atomic E-state index is 0.189. The van der Waals surface area contributed by atoms with Crippen molar-refractivity contribution in [2.24, 2.45) is 0 Å². The first kappa shape index (κ1) is 14.8. The zero-order valence-electron chi connectivity index (χ0n) is 10.9. The van der Waals surface area contributed by atoms with E-state index in [4.69, 9.17) is 9.52 Å². The molecule has 4 nitrogen and oxygen atoms in total. The summed E-state index contributed by atoms with van der Waals surface area (Å²) in [6, 6.07) is 11.8. The van der Waals surface area contributed by atoms with Gasteiger partial charge in [0.05, 0.1) is 6.54 Å². The topological polar surface area (TPSA) is 62.5 Å². The van der Waals surface area contributed by atoms with Gasteiger partial charge in [0.1, 0.15) is 11.5 Å². The van der Waals surface area contributed by atoms with Crippen LogP contribution in [0.5, 0.6) is 0 Å². The van der Waals surface area contributed by atoms with Crippen LogP contribution < -0.4 is 5.32 Å². The van der Waals surface area contributed by atoms with Crippen LogP contribution >= 0.6 is 15.9 Å². The summed E-state index contributed by atoms with van der Waals surface area (Å²) in [5.41, 5.74) is 1.02. The molecule has 2 aromatic rings. The predicted octanol–water partition coefficient (Wildman–Crippen LogP) is 3.66. The number of hydrogen-bond donors (Lipinski definition) is 2. The quantitative estimate of drug-likeness (QED) is 0.757. The van der Waals surface area contributed by atoms with Gasteiger partial charge in [0.25, 0.3) is 0 Å². The molecule has 0 saturated heterocycles. The van der Waals surface area contributed by atoms with Gasteiger partial charge in [-0.15, -0.1) is 0 Å². The number of carboxylic acids is 1. The number of nitrogens with one attached hydrogen (secondary N) is 1. The lowest BCUT2D eigenvalue weighted by molar-refractivity contribution is -0.137. The van der Waals surface area contributed by atoms with Crippen molar-refractivity contribution in [1.29, 1.82) is 0 Å². The Balaban J connectivity index is 1.85. The average Bonchev–Trinajstić information content (AvgIpc) is 2.87. The summed E-state index contributed by atoms with van der Waals surface area (Å²) < 4.78 is 6.77. The van der Waals surface area contributed by atoms with Crippen molar-refractivity contribution in [1.82, 2.24) is 5.32 Å². The van der Waals surface area contributed by atoms with E-state index in [1.807, 2.05) is 36.4 Å². The van der Waals surface area contributed by atoms with Crippen LogP contribution in [0.25, 0.3) is 11.3 Å². The fourth-order valence-corrected chi connectivity index (χ4v) is 2.25. The van der Waals surface area contributed by atoms with Gasteiger partial charge < -0.3 is 14.8 Å². The minimum atomic E-state index is -0.762. The van der Waals surface area contributed by atoms with Gasteiger partial charge in [0, 0.05) is 16.5 Å². The number of hydrogen-bond acceptors (Lipinski definition) is 3. The lowest BCUT2D eigenvalue weighted by Gasteiger charge is -2.01. The van der Waals surface area contributed by atoms with E-state index < -0.39 is 5.97 Å². The largest absolute Gasteiger partial charge is 0.481 e. The third kappa shape index (κ3) is 4.51. The molecule has 0 bridgehead atoms. The predicted molar refractivity (Wildman–Crippen MR) is 80.4 cm³/mol. The molecule has 0 aliphatic rings. The summed E-state index contributed by atoms with van der Waals surface area (Å²) in [4.78, 5) is 10.4. The number of carbonyl (C=O) groups is 1. The Morgan fingerprint density at radius 3 is 2.90 bits per heavy atom. The van der Waals surface area contributed by atoms with Crippen LogP contribution in [0.4, 0.5) is 0 Å². The fraction of sp³-hybridized carbons (Fsp3) is 0.267. The number of carboxylic acid groups (broad SMARTS) is 1. The van der Waals surface area contributed by atoms with Crippen LogP contribution in [-0.4, -0.2) is 17.6 Å². The van der Waals surface area contributed by atoms with Gasteiger partial charge in [-0.2, -0.15) is 0 Å². The molecular weight excluding hydrogens is 322 g/mol. The third-order valence-electron chi connectivity index (χ3n) is 2.81. The van der Waals surface area contributed by atoms with Crippen molar-refractivity contribution in [2.75, 3.05) is 6.54 Å². The van der Waals surface area contributed by atoms with Crippen LogP contribution in [0.2, 0.25) is 0 Å². The van der Waals surface area contributed by atoms with Crippen LogP contribution in [0, 0.1) is 0 Å². The standard InChI is InChI=1S/C15H16BrNO3/c16-12-4-1-3-11(9-12)14-7-6-13(20-14)10-17-8-2-5-15(18)19/h1,3-4,6-7,9,17H,2,5,8,10H2,(H,18,19). The maximum Gasteiger partial charge on any atom is 0.303 e. The first-order valence-corrected chi connectivity index (χ1v) is 7.21. The zero-order valence-corrected chi connectivity index (χ0v) is 12.5. The van der Waals surface area contributed by atoms with E-state index in [1.165, 1.54) is 0 Å². The molecular formula is C15H16BrNO3. The lowest BCUT2D eigenvalue weighted by atomic mass is 10.2. The van der Waals surface area contributed by atoms with E-state index in [1.54, 1.807) is 0 Å².